The van der Waals surface area contributed by atoms with Gasteiger partial charge in [0.2, 0.25) is 0 Å². The van der Waals surface area contributed by atoms with E-state index in [-0.39, 0.29) is 24.4 Å². The van der Waals surface area contributed by atoms with Crippen molar-refractivity contribution in [3.63, 3.8) is 0 Å². The Hall–Kier alpha value is -3.78. The van der Waals surface area contributed by atoms with Crippen molar-refractivity contribution < 1.29 is 19.5 Å². The van der Waals surface area contributed by atoms with E-state index in [0.717, 1.165) is 22.9 Å². The van der Waals surface area contributed by atoms with Gasteiger partial charge in [-0.25, -0.2) is 4.98 Å². The maximum atomic E-state index is 12.9. The summed E-state index contributed by atoms with van der Waals surface area (Å²) in [6.45, 7) is 5.14. The number of hydrogen-bond acceptors (Lipinski definition) is 5. The first-order valence-corrected chi connectivity index (χ1v) is 11.4. The molecular formula is C26H26ClN3O5. The zero-order chi connectivity index (χ0) is 25.8. The highest BCUT2D eigenvalue weighted by Gasteiger charge is 2.27. The molecule has 3 rings (SSSR count). The lowest BCUT2D eigenvalue weighted by Gasteiger charge is -2.24. The van der Waals surface area contributed by atoms with Crippen LogP contribution in [0.15, 0.2) is 59.5 Å². The maximum Gasteiger partial charge on any atom is 0.308 e. The van der Waals surface area contributed by atoms with Crippen molar-refractivity contribution in [2.45, 2.75) is 32.6 Å². The zero-order valence-corrected chi connectivity index (χ0v) is 20.3. The summed E-state index contributed by atoms with van der Waals surface area (Å²) >= 11 is 5.95. The molecule has 0 aliphatic carbocycles. The third-order valence-electron chi connectivity index (χ3n) is 5.75. The van der Waals surface area contributed by atoms with Gasteiger partial charge in [0.15, 0.2) is 11.6 Å². The third kappa shape index (κ3) is 6.42. The van der Waals surface area contributed by atoms with E-state index in [9.17, 15) is 19.2 Å². The highest BCUT2D eigenvalue weighted by molar-refractivity contribution is 6.30. The first-order valence-electron chi connectivity index (χ1n) is 11.0. The number of halogens is 1. The van der Waals surface area contributed by atoms with E-state index >= 15 is 0 Å². The number of aliphatic carboxylic acids is 1. The summed E-state index contributed by atoms with van der Waals surface area (Å²) in [6, 6.07) is 15.4. The van der Waals surface area contributed by atoms with Crippen molar-refractivity contribution in [1.82, 2.24) is 15.3 Å². The van der Waals surface area contributed by atoms with Crippen LogP contribution in [0.1, 0.15) is 53.7 Å². The molecule has 8 nitrogen and oxygen atoms in total. The Balaban J connectivity index is 1.70. The molecule has 35 heavy (non-hydrogen) atoms. The molecule has 0 spiro atoms. The fourth-order valence-electron chi connectivity index (χ4n) is 3.48. The van der Waals surface area contributed by atoms with E-state index in [1.807, 2.05) is 62.4 Å². The Labute approximate surface area is 207 Å². The predicted molar refractivity (Wildman–Crippen MR) is 133 cm³/mol. The molecule has 1 atom stereocenters. The molecule has 2 aromatic carbocycles. The van der Waals surface area contributed by atoms with Crippen LogP contribution in [0.2, 0.25) is 5.02 Å². The van der Waals surface area contributed by atoms with Gasteiger partial charge in [-0.2, -0.15) is 0 Å². The molecule has 0 bridgehead atoms. The van der Waals surface area contributed by atoms with Crippen molar-refractivity contribution in [3.8, 4) is 11.1 Å². The average molecular weight is 496 g/mol. The summed E-state index contributed by atoms with van der Waals surface area (Å²) in [7, 11) is 0. The van der Waals surface area contributed by atoms with Crippen molar-refractivity contribution in [1.29, 1.82) is 0 Å². The number of H-pyrrole nitrogens is 1. The van der Waals surface area contributed by atoms with E-state index in [4.69, 9.17) is 16.7 Å². The van der Waals surface area contributed by atoms with Crippen molar-refractivity contribution in [2.75, 3.05) is 6.54 Å². The lowest BCUT2D eigenvalue weighted by atomic mass is 9.79. The van der Waals surface area contributed by atoms with E-state index < -0.39 is 34.6 Å². The number of amides is 1. The molecule has 9 heteroatoms. The van der Waals surface area contributed by atoms with Gasteiger partial charge in [-0.15, -0.1) is 0 Å². The molecular weight excluding hydrogens is 470 g/mol. The average Bonchev–Trinajstić information content (AvgIpc) is 2.82. The summed E-state index contributed by atoms with van der Waals surface area (Å²) < 4.78 is 0. The number of carboxylic acid groups (broad SMARTS) is 1. The molecule has 182 valence electrons. The number of rotatable bonds is 9. The summed E-state index contributed by atoms with van der Waals surface area (Å²) in [5.41, 5.74) is 1.53. The van der Waals surface area contributed by atoms with Gasteiger partial charge in [-0.3, -0.25) is 19.2 Å². The molecule has 1 unspecified atom stereocenters. The Morgan fingerprint density at radius 2 is 1.63 bits per heavy atom. The highest BCUT2D eigenvalue weighted by atomic mass is 35.5. The summed E-state index contributed by atoms with van der Waals surface area (Å²) in [6.07, 6.45) is 1.14. The number of carbonyl (C=O) groups is 3. The van der Waals surface area contributed by atoms with E-state index in [2.05, 4.69) is 15.3 Å². The minimum Gasteiger partial charge on any atom is -0.481 e. The van der Waals surface area contributed by atoms with Crippen LogP contribution in [-0.4, -0.2) is 39.3 Å². The van der Waals surface area contributed by atoms with Crippen LogP contribution in [0, 0.1) is 5.92 Å². The minimum atomic E-state index is -1.06. The number of benzene rings is 2. The second kappa shape index (κ2) is 10.7. The van der Waals surface area contributed by atoms with Crippen molar-refractivity contribution in [2.24, 2.45) is 5.92 Å². The van der Waals surface area contributed by atoms with E-state index in [0.29, 0.717) is 5.02 Å². The fraction of sp³-hybridized carbons (Fsp3) is 0.269. The quantitative estimate of drug-likeness (QED) is 0.383. The molecule has 0 radical (unpaired) electrons. The number of hydrogen-bond donors (Lipinski definition) is 3. The molecule has 1 aromatic heterocycles. The second-order valence-electron chi connectivity index (χ2n) is 8.99. The van der Waals surface area contributed by atoms with Crippen LogP contribution in [0.4, 0.5) is 0 Å². The Kier molecular flexibility index (Phi) is 7.86. The van der Waals surface area contributed by atoms with Crippen LogP contribution in [-0.2, 0) is 10.2 Å². The molecule has 1 amide bonds. The predicted octanol–water partition coefficient (Wildman–Crippen LogP) is 4.09. The molecule has 0 aliphatic heterocycles. The SMILES string of the molecule is CC(CNC(=O)c1ncc(C(=O)CC(C)(C)c2ccc(-c3ccc(Cl)cc3)cc2)c(=O)[nH]1)C(=O)O. The summed E-state index contributed by atoms with van der Waals surface area (Å²) in [4.78, 5) is 54.6. The number of nitrogens with zero attached hydrogens (tertiary/aromatic N) is 1. The standard InChI is InChI=1S/C26H26ClN3O5/c1-15(25(34)35)13-29-24(33)22-28-14-20(23(32)30-22)21(31)12-26(2,3)18-8-4-16(5-9-18)17-6-10-19(27)11-7-17/h4-11,14-15H,12-13H2,1-3H3,(H,29,33)(H,34,35)(H,28,30,32). The number of Topliss-reactive ketones (excluding diaryl/α,β-unsaturated/α-hetero) is 1. The number of ketones is 1. The molecule has 3 aromatic rings. The van der Waals surface area contributed by atoms with Gasteiger partial charge in [-0.1, -0.05) is 68.8 Å². The number of aromatic nitrogens is 2. The smallest absolute Gasteiger partial charge is 0.308 e. The number of carbonyl (C=O) groups excluding carboxylic acids is 2. The van der Waals surface area contributed by atoms with Gasteiger partial charge in [0.05, 0.1) is 5.92 Å². The van der Waals surface area contributed by atoms with Crippen LogP contribution in [0.25, 0.3) is 11.1 Å². The lowest BCUT2D eigenvalue weighted by Crippen LogP contribution is -2.34. The van der Waals surface area contributed by atoms with Gasteiger partial charge in [0.25, 0.3) is 11.5 Å². The van der Waals surface area contributed by atoms with Gasteiger partial charge >= 0.3 is 5.97 Å². The minimum absolute atomic E-state index is 0.0553. The molecule has 1 heterocycles. The first kappa shape index (κ1) is 25.8. The van der Waals surface area contributed by atoms with Crippen LogP contribution < -0.4 is 10.9 Å². The van der Waals surface area contributed by atoms with Crippen LogP contribution in [0.3, 0.4) is 0 Å². The third-order valence-corrected chi connectivity index (χ3v) is 6.00. The monoisotopic (exact) mass is 495 g/mol. The maximum absolute atomic E-state index is 12.9. The zero-order valence-electron chi connectivity index (χ0n) is 19.6. The van der Waals surface area contributed by atoms with Gasteiger partial charge in [0.1, 0.15) is 5.56 Å². The molecule has 0 aliphatic rings. The van der Waals surface area contributed by atoms with Gasteiger partial charge < -0.3 is 15.4 Å². The number of carboxylic acids is 1. The highest BCUT2D eigenvalue weighted by Crippen LogP contribution is 2.30. The molecule has 0 fully saturated rings. The molecule has 3 N–H and O–H groups in total. The van der Waals surface area contributed by atoms with Crippen molar-refractivity contribution >= 4 is 29.3 Å². The first-order chi connectivity index (χ1) is 16.5. The van der Waals surface area contributed by atoms with E-state index in [1.54, 1.807) is 0 Å². The van der Waals surface area contributed by atoms with E-state index in [1.165, 1.54) is 6.92 Å². The van der Waals surface area contributed by atoms with Crippen molar-refractivity contribution in [3.05, 3.63) is 87.1 Å². The largest absolute Gasteiger partial charge is 0.481 e. The van der Waals surface area contributed by atoms with Crippen LogP contribution in [0.5, 0.6) is 0 Å². The number of aromatic amines is 1. The van der Waals surface area contributed by atoms with Gasteiger partial charge in [-0.05, 0) is 34.2 Å². The summed E-state index contributed by atoms with van der Waals surface area (Å²) in [5.74, 6) is -3.28. The Morgan fingerprint density at radius 3 is 2.17 bits per heavy atom. The summed E-state index contributed by atoms with van der Waals surface area (Å²) in [5, 5.41) is 11.9. The second-order valence-corrected chi connectivity index (χ2v) is 9.43. The number of nitrogens with one attached hydrogen (secondary N) is 2. The molecule has 0 saturated carbocycles. The Morgan fingerprint density at radius 1 is 1.06 bits per heavy atom. The fourth-order valence-corrected chi connectivity index (χ4v) is 3.61. The topological polar surface area (TPSA) is 129 Å². The Bertz CT molecular complexity index is 1300. The molecule has 0 saturated heterocycles. The van der Waals surface area contributed by atoms with Crippen LogP contribution >= 0.6 is 11.6 Å². The van der Waals surface area contributed by atoms with Gasteiger partial charge in [0, 0.05) is 24.2 Å². The lowest BCUT2D eigenvalue weighted by molar-refractivity contribution is -0.140. The normalized spacial score (nSPS) is 12.1.